The Labute approximate surface area is 165 Å². The molecule has 0 unspecified atom stereocenters. The molecule has 2 aliphatic rings. The van der Waals surface area contributed by atoms with Gasteiger partial charge in [-0.15, -0.1) is 0 Å². The molecule has 2 fully saturated rings. The van der Waals surface area contributed by atoms with Crippen molar-refractivity contribution in [1.29, 1.82) is 0 Å². The number of piperidine rings is 1. The van der Waals surface area contributed by atoms with Crippen LogP contribution in [0.25, 0.3) is 0 Å². The molecule has 3 heterocycles. The third kappa shape index (κ3) is 4.07. The third-order valence-corrected chi connectivity index (χ3v) is 5.67. The van der Waals surface area contributed by atoms with E-state index in [9.17, 15) is 9.59 Å². The molecule has 2 saturated heterocycles. The minimum absolute atomic E-state index is 0.0217. The summed E-state index contributed by atoms with van der Waals surface area (Å²) in [4.78, 5) is 35.8. The van der Waals surface area contributed by atoms with Gasteiger partial charge in [-0.25, -0.2) is 0 Å². The topological polar surface area (TPSA) is 56.8 Å². The van der Waals surface area contributed by atoms with E-state index in [0.29, 0.717) is 25.2 Å². The molecule has 1 aromatic carbocycles. The summed E-state index contributed by atoms with van der Waals surface area (Å²) in [5.41, 5.74) is 1.79. The minimum atomic E-state index is -0.0619. The lowest BCUT2D eigenvalue weighted by atomic mass is 10.0. The molecule has 2 aliphatic heterocycles. The molecule has 0 spiro atoms. The first-order valence-corrected chi connectivity index (χ1v) is 9.98. The maximum atomic E-state index is 13.1. The van der Waals surface area contributed by atoms with E-state index in [1.165, 1.54) is 5.56 Å². The van der Waals surface area contributed by atoms with E-state index < -0.39 is 0 Å². The molecule has 6 heteroatoms. The number of piperazine rings is 1. The summed E-state index contributed by atoms with van der Waals surface area (Å²) < 4.78 is 0. The highest BCUT2D eigenvalue weighted by atomic mass is 16.2. The largest absolute Gasteiger partial charge is 0.337 e. The SMILES string of the molecule is O=C(c1cccnc1)N1CCN([C@H]2CCCN(Cc3ccccc3)C2=O)CC1. The Morgan fingerprint density at radius 1 is 1.00 bits per heavy atom. The maximum absolute atomic E-state index is 13.1. The van der Waals surface area contributed by atoms with Gasteiger partial charge in [0.15, 0.2) is 0 Å². The first-order valence-electron chi connectivity index (χ1n) is 9.98. The Hall–Kier alpha value is -2.73. The Kier molecular flexibility index (Phi) is 5.67. The normalized spacial score (nSPS) is 21.0. The van der Waals surface area contributed by atoms with Gasteiger partial charge in [0, 0.05) is 51.7 Å². The zero-order valence-corrected chi connectivity index (χ0v) is 16.0. The monoisotopic (exact) mass is 378 g/mol. The van der Waals surface area contributed by atoms with Crippen LogP contribution in [0.5, 0.6) is 0 Å². The summed E-state index contributed by atoms with van der Waals surface area (Å²) >= 11 is 0. The predicted octanol–water partition coefficient (Wildman–Crippen LogP) is 2.03. The fourth-order valence-electron chi connectivity index (χ4n) is 4.13. The molecular weight excluding hydrogens is 352 g/mol. The summed E-state index contributed by atoms with van der Waals surface area (Å²) in [5.74, 6) is 0.246. The van der Waals surface area contributed by atoms with Crippen molar-refractivity contribution >= 4 is 11.8 Å². The smallest absolute Gasteiger partial charge is 0.255 e. The van der Waals surface area contributed by atoms with E-state index in [1.807, 2.05) is 28.0 Å². The van der Waals surface area contributed by atoms with E-state index >= 15 is 0 Å². The number of carbonyl (C=O) groups excluding carboxylic acids is 2. The van der Waals surface area contributed by atoms with Crippen LogP contribution in [0.3, 0.4) is 0 Å². The molecule has 4 rings (SSSR count). The fourth-order valence-corrected chi connectivity index (χ4v) is 4.13. The summed E-state index contributed by atoms with van der Waals surface area (Å²) in [7, 11) is 0. The van der Waals surface area contributed by atoms with Crippen molar-refractivity contribution in [3.63, 3.8) is 0 Å². The van der Waals surface area contributed by atoms with Crippen molar-refractivity contribution in [3.8, 4) is 0 Å². The Morgan fingerprint density at radius 3 is 2.50 bits per heavy atom. The molecule has 146 valence electrons. The van der Waals surface area contributed by atoms with Crippen molar-refractivity contribution < 1.29 is 9.59 Å². The van der Waals surface area contributed by atoms with Gasteiger partial charge in [-0.1, -0.05) is 30.3 Å². The standard InChI is InChI=1S/C22H26N4O2/c27-21(19-8-4-10-23-16-19)25-14-12-24(13-15-25)20-9-5-11-26(22(20)28)17-18-6-2-1-3-7-18/h1-4,6-8,10,16,20H,5,9,11-15,17H2/t20-/m0/s1. The molecule has 0 aliphatic carbocycles. The molecule has 1 atom stereocenters. The van der Waals surface area contributed by atoms with Crippen LogP contribution < -0.4 is 0 Å². The van der Waals surface area contributed by atoms with Crippen LogP contribution in [0.4, 0.5) is 0 Å². The number of nitrogens with zero attached hydrogens (tertiary/aromatic N) is 4. The van der Waals surface area contributed by atoms with Gasteiger partial charge in [-0.05, 0) is 30.5 Å². The lowest BCUT2D eigenvalue weighted by Crippen LogP contribution is -2.58. The van der Waals surface area contributed by atoms with Crippen LogP contribution in [-0.4, -0.2) is 70.3 Å². The zero-order valence-electron chi connectivity index (χ0n) is 16.0. The average molecular weight is 378 g/mol. The average Bonchev–Trinajstić information content (AvgIpc) is 2.76. The van der Waals surface area contributed by atoms with Crippen molar-refractivity contribution in [3.05, 3.63) is 66.0 Å². The highest BCUT2D eigenvalue weighted by Crippen LogP contribution is 2.21. The van der Waals surface area contributed by atoms with Gasteiger partial charge >= 0.3 is 0 Å². The van der Waals surface area contributed by atoms with Crippen molar-refractivity contribution in [2.24, 2.45) is 0 Å². The number of likely N-dealkylation sites (tertiary alicyclic amines) is 1. The molecule has 28 heavy (non-hydrogen) atoms. The van der Waals surface area contributed by atoms with Crippen molar-refractivity contribution in [2.45, 2.75) is 25.4 Å². The number of pyridine rings is 1. The summed E-state index contributed by atoms with van der Waals surface area (Å²) in [5, 5.41) is 0. The van der Waals surface area contributed by atoms with Crippen LogP contribution in [-0.2, 0) is 11.3 Å². The van der Waals surface area contributed by atoms with Gasteiger partial charge in [0.1, 0.15) is 0 Å². The number of carbonyl (C=O) groups is 2. The van der Waals surface area contributed by atoms with E-state index in [1.54, 1.807) is 24.5 Å². The van der Waals surface area contributed by atoms with Crippen LogP contribution in [0, 0.1) is 0 Å². The number of amides is 2. The molecule has 1 aromatic heterocycles. The minimum Gasteiger partial charge on any atom is -0.337 e. The van der Waals surface area contributed by atoms with E-state index in [0.717, 1.165) is 32.5 Å². The molecular formula is C22H26N4O2. The van der Waals surface area contributed by atoms with Crippen LogP contribution >= 0.6 is 0 Å². The predicted molar refractivity (Wildman–Crippen MR) is 107 cm³/mol. The third-order valence-electron chi connectivity index (χ3n) is 5.67. The number of hydrogen-bond acceptors (Lipinski definition) is 4. The maximum Gasteiger partial charge on any atom is 0.255 e. The van der Waals surface area contributed by atoms with Gasteiger partial charge in [0.25, 0.3) is 5.91 Å². The molecule has 0 N–H and O–H groups in total. The Bertz CT molecular complexity index is 804. The lowest BCUT2D eigenvalue weighted by molar-refractivity contribution is -0.141. The first kappa shape index (κ1) is 18.6. The van der Waals surface area contributed by atoms with Gasteiger partial charge < -0.3 is 9.80 Å². The van der Waals surface area contributed by atoms with Gasteiger partial charge in [0.2, 0.25) is 5.91 Å². The highest BCUT2D eigenvalue weighted by Gasteiger charge is 2.35. The van der Waals surface area contributed by atoms with Gasteiger partial charge in [0.05, 0.1) is 11.6 Å². The number of rotatable bonds is 4. The van der Waals surface area contributed by atoms with E-state index in [-0.39, 0.29) is 17.9 Å². The van der Waals surface area contributed by atoms with Crippen LogP contribution in [0.2, 0.25) is 0 Å². The Balaban J connectivity index is 1.35. The van der Waals surface area contributed by atoms with Crippen LogP contribution in [0.15, 0.2) is 54.9 Å². The fraction of sp³-hybridized carbons (Fsp3) is 0.409. The second kappa shape index (κ2) is 8.52. The lowest BCUT2D eigenvalue weighted by Gasteiger charge is -2.42. The Morgan fingerprint density at radius 2 is 1.79 bits per heavy atom. The molecule has 0 radical (unpaired) electrons. The highest BCUT2D eigenvalue weighted by molar-refractivity contribution is 5.94. The van der Waals surface area contributed by atoms with Crippen LogP contribution in [0.1, 0.15) is 28.8 Å². The second-order valence-corrected chi connectivity index (χ2v) is 7.47. The molecule has 2 amide bonds. The molecule has 6 nitrogen and oxygen atoms in total. The van der Waals surface area contributed by atoms with E-state index in [2.05, 4.69) is 22.0 Å². The van der Waals surface area contributed by atoms with Crippen molar-refractivity contribution in [2.75, 3.05) is 32.7 Å². The molecule has 0 bridgehead atoms. The summed E-state index contributed by atoms with van der Waals surface area (Å²) in [6.45, 7) is 4.27. The molecule has 0 saturated carbocycles. The van der Waals surface area contributed by atoms with E-state index in [4.69, 9.17) is 0 Å². The van der Waals surface area contributed by atoms with Crippen molar-refractivity contribution in [1.82, 2.24) is 19.7 Å². The van der Waals surface area contributed by atoms with Gasteiger partial charge in [-0.2, -0.15) is 0 Å². The summed E-state index contributed by atoms with van der Waals surface area (Å²) in [6.07, 6.45) is 5.21. The zero-order chi connectivity index (χ0) is 19.3. The van der Waals surface area contributed by atoms with Gasteiger partial charge in [-0.3, -0.25) is 19.5 Å². The number of benzene rings is 1. The second-order valence-electron chi connectivity index (χ2n) is 7.47. The number of hydrogen-bond donors (Lipinski definition) is 0. The first-order chi connectivity index (χ1) is 13.7. The quantitative estimate of drug-likeness (QED) is 0.817. The molecule has 2 aromatic rings. The number of aromatic nitrogens is 1. The summed E-state index contributed by atoms with van der Waals surface area (Å²) in [6, 6.07) is 13.7.